The lowest BCUT2D eigenvalue weighted by molar-refractivity contribution is -0.109. The van der Waals surface area contributed by atoms with Crippen molar-refractivity contribution in [3.8, 4) is 5.75 Å². The average molecular weight is 570 g/mol. The first-order chi connectivity index (χ1) is 18.6. The number of hydrogen-bond donors (Lipinski definition) is 4. The summed E-state index contributed by atoms with van der Waals surface area (Å²) >= 11 is 0. The Hall–Kier alpha value is -3.13. The number of benzene rings is 1. The molecular formula is C24H40N7O7P. The number of anilines is 2. The number of fused-ring (bicyclic) bond motifs is 1. The van der Waals surface area contributed by atoms with Gasteiger partial charge in [-0.15, -0.1) is 0 Å². The van der Waals surface area contributed by atoms with E-state index in [0.29, 0.717) is 42.3 Å². The molecule has 0 spiro atoms. The Labute approximate surface area is 228 Å². The Morgan fingerprint density at radius 2 is 1.74 bits per heavy atom. The minimum atomic E-state index is -3.85. The fourth-order valence-corrected chi connectivity index (χ4v) is 4.37. The molecule has 0 fully saturated rings. The number of nitrogen functional groups attached to an aromatic ring is 2. The molecule has 0 saturated carbocycles. The number of nitrogens with zero attached hydrogens (tertiary/aromatic N) is 4. The third-order valence-electron chi connectivity index (χ3n) is 4.97. The van der Waals surface area contributed by atoms with Crippen LogP contribution in [0.15, 0.2) is 36.7 Å². The first kappa shape index (κ1) is 33.9. The van der Waals surface area contributed by atoms with Crippen molar-refractivity contribution < 1.29 is 33.0 Å². The maximum absolute atomic E-state index is 13.2. The number of para-hydroxylation sites is 1. The summed E-state index contributed by atoms with van der Waals surface area (Å²) in [5.41, 5.74) is 12.5. The normalized spacial score (nSPS) is 13.8. The molecule has 14 nitrogen and oxygen atoms in total. The number of rotatable bonds is 13. The first-order valence-electron chi connectivity index (χ1n) is 12.1. The van der Waals surface area contributed by atoms with E-state index >= 15 is 0 Å². The number of methoxy groups -OCH3 is 2. The van der Waals surface area contributed by atoms with E-state index in [1.165, 1.54) is 7.11 Å². The third kappa shape index (κ3) is 11.6. The van der Waals surface area contributed by atoms with Crippen LogP contribution in [0.1, 0.15) is 27.2 Å². The van der Waals surface area contributed by atoms with E-state index in [4.69, 9.17) is 35.1 Å². The number of carbonyl (C=O) groups excluding carboxylic acids is 1. The van der Waals surface area contributed by atoms with Gasteiger partial charge in [-0.3, -0.25) is 4.52 Å². The van der Waals surface area contributed by atoms with E-state index in [0.717, 1.165) is 7.11 Å². The number of hydrogen-bond acceptors (Lipinski definition) is 12. The molecule has 2 aromatic heterocycles. The molecule has 0 aliphatic carbocycles. The van der Waals surface area contributed by atoms with Crippen LogP contribution in [0.25, 0.3) is 11.2 Å². The van der Waals surface area contributed by atoms with Crippen LogP contribution in [0.3, 0.4) is 0 Å². The molecule has 3 atom stereocenters. The van der Waals surface area contributed by atoms with Gasteiger partial charge in [-0.05, 0) is 39.3 Å². The van der Waals surface area contributed by atoms with Gasteiger partial charge in [0.25, 0.3) is 0 Å². The zero-order valence-electron chi connectivity index (χ0n) is 23.2. The Morgan fingerprint density at radius 1 is 1.10 bits per heavy atom. The molecule has 15 heteroatoms. The predicted octanol–water partition coefficient (Wildman–Crippen LogP) is 2.43. The van der Waals surface area contributed by atoms with Crippen molar-refractivity contribution in [3.63, 3.8) is 0 Å². The van der Waals surface area contributed by atoms with Crippen LogP contribution < -0.4 is 21.1 Å². The molecule has 3 rings (SSSR count). The van der Waals surface area contributed by atoms with Crippen LogP contribution in [0.5, 0.6) is 5.75 Å². The fraction of sp³-hybridized carbons (Fsp3) is 0.500. The number of aliphatic hydroxyl groups excluding tert-OH is 1. The zero-order valence-corrected chi connectivity index (χ0v) is 24.1. The Morgan fingerprint density at radius 3 is 2.31 bits per heavy atom. The Balaban J connectivity index is 0.000000975. The number of carbonyl (C=O) groups is 1. The maximum atomic E-state index is 13.2. The number of aryl methyl sites for hydroxylation is 1. The summed E-state index contributed by atoms with van der Waals surface area (Å²) in [7, 11) is 0.365. The van der Waals surface area contributed by atoms with E-state index in [-0.39, 0.29) is 18.4 Å². The van der Waals surface area contributed by atoms with Gasteiger partial charge in [-0.1, -0.05) is 18.2 Å². The SMILES string of the molecule is CO.COC(C)C.COC(CCn1cnc2c(N)nc(N)nc21)CO[P@@](=O)(NC(C)C=O)Oc1ccccc1. The average Bonchev–Trinajstić information content (AvgIpc) is 3.33. The van der Waals surface area contributed by atoms with Crippen LogP contribution in [0.4, 0.5) is 11.8 Å². The quantitative estimate of drug-likeness (QED) is 0.173. The highest BCUT2D eigenvalue weighted by Crippen LogP contribution is 2.44. The smallest absolute Gasteiger partial charge is 0.413 e. The van der Waals surface area contributed by atoms with E-state index in [9.17, 15) is 9.36 Å². The molecule has 6 N–H and O–H groups in total. The van der Waals surface area contributed by atoms with Crippen LogP contribution in [0, 0.1) is 0 Å². The number of nitrogens with one attached hydrogen (secondary N) is 1. The summed E-state index contributed by atoms with van der Waals surface area (Å²) in [6, 6.07) is 7.81. The van der Waals surface area contributed by atoms with Gasteiger partial charge in [-0.2, -0.15) is 9.97 Å². The molecule has 39 heavy (non-hydrogen) atoms. The van der Waals surface area contributed by atoms with Crippen molar-refractivity contribution >= 4 is 37.0 Å². The second-order valence-corrected chi connectivity index (χ2v) is 9.95. The van der Waals surface area contributed by atoms with Crippen molar-refractivity contribution in [3.05, 3.63) is 36.7 Å². The highest BCUT2D eigenvalue weighted by Gasteiger charge is 2.30. The van der Waals surface area contributed by atoms with E-state index in [1.54, 1.807) is 55.3 Å². The van der Waals surface area contributed by atoms with E-state index in [2.05, 4.69) is 20.0 Å². The largest absolute Gasteiger partial charge is 0.459 e. The summed E-state index contributed by atoms with van der Waals surface area (Å²) in [5, 5.41) is 9.60. The third-order valence-corrected chi connectivity index (χ3v) is 6.63. The lowest BCUT2D eigenvalue weighted by Gasteiger charge is -2.23. The lowest BCUT2D eigenvalue weighted by Crippen LogP contribution is -2.30. The second-order valence-electron chi connectivity index (χ2n) is 8.26. The maximum Gasteiger partial charge on any atom is 0.459 e. The van der Waals surface area contributed by atoms with Gasteiger partial charge in [0.15, 0.2) is 11.5 Å². The summed E-state index contributed by atoms with van der Waals surface area (Å²) in [6.07, 6.45) is 2.61. The van der Waals surface area contributed by atoms with Crippen molar-refractivity contribution in [1.29, 1.82) is 0 Å². The topological polar surface area (TPSA) is 199 Å². The number of ether oxygens (including phenoxy) is 2. The molecule has 0 bridgehead atoms. The Kier molecular flexibility index (Phi) is 15.2. The van der Waals surface area contributed by atoms with Gasteiger partial charge < -0.3 is 39.9 Å². The lowest BCUT2D eigenvalue weighted by atomic mass is 10.2. The molecule has 0 saturated heterocycles. The van der Waals surface area contributed by atoms with Crippen molar-refractivity contribution in [2.24, 2.45) is 0 Å². The van der Waals surface area contributed by atoms with Crippen LogP contribution in [-0.4, -0.2) is 77.1 Å². The van der Waals surface area contributed by atoms with Crippen molar-refractivity contribution in [2.45, 2.75) is 52.0 Å². The number of aliphatic hydroxyl groups is 1. The molecule has 0 aliphatic heterocycles. The van der Waals surface area contributed by atoms with Gasteiger partial charge >= 0.3 is 7.75 Å². The Bertz CT molecular complexity index is 1160. The van der Waals surface area contributed by atoms with Crippen LogP contribution >= 0.6 is 7.75 Å². The second kappa shape index (κ2) is 17.5. The van der Waals surface area contributed by atoms with Gasteiger partial charge in [0.05, 0.1) is 31.2 Å². The van der Waals surface area contributed by atoms with Crippen LogP contribution in [-0.2, 0) is 29.9 Å². The number of aldehydes is 1. The van der Waals surface area contributed by atoms with Gasteiger partial charge in [0.2, 0.25) is 5.95 Å². The van der Waals surface area contributed by atoms with Gasteiger partial charge in [0, 0.05) is 27.9 Å². The highest BCUT2D eigenvalue weighted by molar-refractivity contribution is 7.52. The molecule has 2 unspecified atom stereocenters. The standard InChI is InChI=1S/C19H26N7O5P.C4H10O.CH4O/c1-13(10-27)25-32(28,31-14-6-4-3-5-7-14)30-11-15(29-2)8-9-26-12-22-16-17(20)23-19(21)24-18(16)26;1-4(2)5-3;1-2/h3-7,10,12-13,15H,8-9,11H2,1-2H3,(H,25,28)(H4,20,21,23,24);4H,1-3H3;2H,1H3/t13?,15?,32-;;/m0../s1. The highest BCUT2D eigenvalue weighted by atomic mass is 31.2. The number of nitrogens with two attached hydrogens (primary N) is 2. The van der Waals surface area contributed by atoms with E-state index < -0.39 is 19.9 Å². The first-order valence-corrected chi connectivity index (χ1v) is 13.6. The summed E-state index contributed by atoms with van der Waals surface area (Å²) in [6.45, 7) is 5.95. The van der Waals surface area contributed by atoms with Crippen LogP contribution in [0.2, 0.25) is 0 Å². The molecule has 1 aromatic carbocycles. The van der Waals surface area contributed by atoms with Gasteiger partial charge in [0.1, 0.15) is 17.6 Å². The molecule has 0 aliphatic rings. The summed E-state index contributed by atoms with van der Waals surface area (Å²) < 4.78 is 36.4. The molecule has 0 radical (unpaired) electrons. The predicted molar refractivity (Wildman–Crippen MR) is 149 cm³/mol. The monoisotopic (exact) mass is 569 g/mol. The van der Waals surface area contributed by atoms with Crippen molar-refractivity contribution in [1.82, 2.24) is 24.6 Å². The molecular weight excluding hydrogens is 529 g/mol. The molecule has 2 heterocycles. The van der Waals surface area contributed by atoms with E-state index in [1.807, 2.05) is 13.8 Å². The zero-order chi connectivity index (χ0) is 29.4. The van der Waals surface area contributed by atoms with Gasteiger partial charge in [-0.25, -0.2) is 14.6 Å². The minimum Gasteiger partial charge on any atom is -0.413 e. The number of aromatic nitrogens is 4. The van der Waals surface area contributed by atoms with Crippen molar-refractivity contribution in [2.75, 3.05) is 39.4 Å². The molecule has 0 amide bonds. The molecule has 218 valence electrons. The fourth-order valence-electron chi connectivity index (χ4n) is 2.87. The summed E-state index contributed by atoms with van der Waals surface area (Å²) in [4.78, 5) is 23.4. The molecule has 3 aromatic rings. The summed E-state index contributed by atoms with van der Waals surface area (Å²) in [5.74, 6) is 0.597. The minimum absolute atomic E-state index is 0.0505. The number of imidazole rings is 1.